The fourth-order valence-corrected chi connectivity index (χ4v) is 6.82. The number of ether oxygens (including phenoxy) is 1. The molecule has 10 heteroatoms. The van der Waals surface area contributed by atoms with Crippen molar-refractivity contribution < 1.29 is 17.9 Å². The van der Waals surface area contributed by atoms with Gasteiger partial charge in [-0.25, -0.2) is 17.9 Å². The smallest absolute Gasteiger partial charge is 0.277 e. The van der Waals surface area contributed by atoms with Crippen molar-refractivity contribution in [1.82, 2.24) is 18.9 Å². The number of nitrogens with zero attached hydrogens (tertiary/aromatic N) is 4. The number of piperidine rings is 1. The van der Waals surface area contributed by atoms with E-state index in [1.807, 2.05) is 45.0 Å². The van der Waals surface area contributed by atoms with Crippen molar-refractivity contribution >= 4 is 27.3 Å². The van der Waals surface area contributed by atoms with E-state index in [0.29, 0.717) is 53.5 Å². The summed E-state index contributed by atoms with van der Waals surface area (Å²) in [4.78, 5) is 18.7. The molecule has 0 radical (unpaired) electrons. The molecule has 39 heavy (non-hydrogen) atoms. The molecular formula is C29H33N5O4S. The zero-order valence-corrected chi connectivity index (χ0v) is 23.5. The summed E-state index contributed by atoms with van der Waals surface area (Å²) >= 11 is 0. The fourth-order valence-electron chi connectivity index (χ4n) is 5.06. The van der Waals surface area contributed by atoms with Gasteiger partial charge in [-0.05, 0) is 75.9 Å². The molecule has 1 amide bonds. The first-order valence-electron chi connectivity index (χ1n) is 13.2. The number of para-hydroxylation sites is 2. The summed E-state index contributed by atoms with van der Waals surface area (Å²) in [6.45, 7) is 8.91. The van der Waals surface area contributed by atoms with E-state index in [0.717, 1.165) is 30.7 Å². The SMILES string of the molecule is CCOc1ccccc1NC(=O)c1nn2c(C)cc(C)nc2c1-c1ccc(C)c(S(=O)(=O)N2CCCCC2)c1. The molecule has 0 aliphatic carbocycles. The Morgan fingerprint density at radius 3 is 2.51 bits per heavy atom. The van der Waals surface area contributed by atoms with Gasteiger partial charge in [0, 0.05) is 24.5 Å². The van der Waals surface area contributed by atoms with E-state index in [2.05, 4.69) is 10.4 Å². The third-order valence-corrected chi connectivity index (χ3v) is 9.00. The van der Waals surface area contributed by atoms with Crippen LogP contribution in [0.15, 0.2) is 53.4 Å². The summed E-state index contributed by atoms with van der Waals surface area (Å²) in [5.41, 5.74) is 4.41. The summed E-state index contributed by atoms with van der Waals surface area (Å²) in [6.07, 6.45) is 2.73. The largest absolute Gasteiger partial charge is 0.492 e. The summed E-state index contributed by atoms with van der Waals surface area (Å²) in [7, 11) is -3.70. The van der Waals surface area contributed by atoms with Crippen LogP contribution in [0.4, 0.5) is 5.69 Å². The molecule has 0 atom stereocenters. The van der Waals surface area contributed by atoms with Crippen LogP contribution in [-0.2, 0) is 10.0 Å². The minimum Gasteiger partial charge on any atom is -0.492 e. The number of amides is 1. The van der Waals surface area contributed by atoms with Crippen molar-refractivity contribution in [3.63, 3.8) is 0 Å². The molecule has 1 fully saturated rings. The average Bonchev–Trinajstić information content (AvgIpc) is 3.30. The molecule has 4 aromatic rings. The quantitative estimate of drug-likeness (QED) is 0.343. The van der Waals surface area contributed by atoms with Crippen molar-refractivity contribution in [2.75, 3.05) is 25.0 Å². The van der Waals surface area contributed by atoms with Crippen molar-refractivity contribution in [1.29, 1.82) is 0 Å². The van der Waals surface area contributed by atoms with E-state index in [1.165, 1.54) is 0 Å². The van der Waals surface area contributed by atoms with Crippen LogP contribution < -0.4 is 10.1 Å². The fraction of sp³-hybridized carbons (Fsp3) is 0.345. The van der Waals surface area contributed by atoms with E-state index in [4.69, 9.17) is 9.72 Å². The van der Waals surface area contributed by atoms with E-state index in [-0.39, 0.29) is 10.6 Å². The van der Waals surface area contributed by atoms with Crippen LogP contribution in [0.1, 0.15) is 53.6 Å². The molecule has 204 valence electrons. The molecular weight excluding hydrogens is 514 g/mol. The maximum Gasteiger partial charge on any atom is 0.277 e. The van der Waals surface area contributed by atoms with Gasteiger partial charge in [-0.2, -0.15) is 9.40 Å². The number of benzene rings is 2. The Morgan fingerprint density at radius 1 is 1.03 bits per heavy atom. The number of hydrogen-bond acceptors (Lipinski definition) is 6. The third kappa shape index (κ3) is 5.14. The van der Waals surface area contributed by atoms with E-state index < -0.39 is 15.9 Å². The zero-order valence-electron chi connectivity index (χ0n) is 22.7. The second kappa shape index (κ2) is 10.8. The zero-order chi connectivity index (χ0) is 27.7. The highest BCUT2D eigenvalue weighted by molar-refractivity contribution is 7.89. The van der Waals surface area contributed by atoms with Gasteiger partial charge in [0.1, 0.15) is 5.75 Å². The molecule has 0 saturated carbocycles. The van der Waals surface area contributed by atoms with E-state index >= 15 is 0 Å². The third-order valence-electron chi connectivity index (χ3n) is 6.96. The summed E-state index contributed by atoms with van der Waals surface area (Å²) in [5.74, 6) is 0.106. The normalized spacial score (nSPS) is 14.5. The number of fused-ring (bicyclic) bond motifs is 1. The topological polar surface area (TPSA) is 106 Å². The lowest BCUT2D eigenvalue weighted by molar-refractivity contribution is 0.102. The average molecular weight is 548 g/mol. The maximum atomic E-state index is 13.7. The van der Waals surface area contributed by atoms with Crippen LogP contribution in [0.5, 0.6) is 5.75 Å². The predicted molar refractivity (Wildman–Crippen MR) is 151 cm³/mol. The standard InChI is InChI=1S/C29H33N5O4S/c1-5-38-24-12-8-7-11-23(24)31-29(35)27-26(28-30-20(3)17-21(4)34(28)32-27)22-14-13-19(2)25(18-22)39(36,37)33-15-9-6-10-16-33/h7-8,11-14,17-18H,5-6,9-10,15-16H2,1-4H3,(H,31,35). The number of hydrogen-bond donors (Lipinski definition) is 1. The highest BCUT2D eigenvalue weighted by atomic mass is 32.2. The van der Waals surface area contributed by atoms with Gasteiger partial charge in [0.2, 0.25) is 10.0 Å². The lowest BCUT2D eigenvalue weighted by Gasteiger charge is -2.26. The van der Waals surface area contributed by atoms with Crippen molar-refractivity contribution in [3.05, 3.63) is 71.2 Å². The molecule has 0 bridgehead atoms. The Morgan fingerprint density at radius 2 is 1.77 bits per heavy atom. The first kappa shape index (κ1) is 26.8. The number of aromatic nitrogens is 3. The van der Waals surface area contributed by atoms with Gasteiger partial charge < -0.3 is 10.1 Å². The number of nitrogens with one attached hydrogen (secondary N) is 1. The highest BCUT2D eigenvalue weighted by Gasteiger charge is 2.30. The van der Waals surface area contributed by atoms with Crippen molar-refractivity contribution in [3.8, 4) is 16.9 Å². The molecule has 0 spiro atoms. The monoisotopic (exact) mass is 547 g/mol. The van der Waals surface area contributed by atoms with Gasteiger partial charge in [-0.3, -0.25) is 4.79 Å². The number of aryl methyl sites for hydroxylation is 3. The number of anilines is 1. The molecule has 9 nitrogen and oxygen atoms in total. The first-order chi connectivity index (χ1) is 18.7. The van der Waals surface area contributed by atoms with Gasteiger partial charge in [0.05, 0.1) is 22.8 Å². The number of carbonyl (C=O) groups is 1. The lowest BCUT2D eigenvalue weighted by atomic mass is 10.0. The molecule has 3 heterocycles. The van der Waals surface area contributed by atoms with Crippen LogP contribution in [0, 0.1) is 20.8 Å². The Kier molecular flexibility index (Phi) is 7.42. The predicted octanol–water partition coefficient (Wildman–Crippen LogP) is 5.15. The Hall–Kier alpha value is -3.76. The van der Waals surface area contributed by atoms with Crippen LogP contribution in [-0.4, -0.2) is 52.9 Å². The number of rotatable bonds is 7. The van der Waals surface area contributed by atoms with Crippen molar-refractivity contribution in [2.24, 2.45) is 0 Å². The van der Waals surface area contributed by atoms with Gasteiger partial charge >= 0.3 is 0 Å². The summed E-state index contributed by atoms with van der Waals surface area (Å²) < 4.78 is 36.2. The molecule has 1 aliphatic rings. The van der Waals surface area contributed by atoms with Crippen LogP contribution in [0.2, 0.25) is 0 Å². The summed E-state index contributed by atoms with van der Waals surface area (Å²) in [5, 5.41) is 7.58. The minimum atomic E-state index is -3.70. The highest BCUT2D eigenvalue weighted by Crippen LogP contribution is 2.34. The molecule has 1 N–H and O–H groups in total. The Balaban J connectivity index is 1.66. The van der Waals surface area contributed by atoms with Gasteiger partial charge in [0.15, 0.2) is 11.3 Å². The van der Waals surface area contributed by atoms with Crippen molar-refractivity contribution in [2.45, 2.75) is 51.9 Å². The molecule has 1 saturated heterocycles. The maximum absolute atomic E-state index is 13.7. The van der Waals surface area contributed by atoms with E-state index in [9.17, 15) is 13.2 Å². The number of sulfonamides is 1. The molecule has 2 aromatic heterocycles. The molecule has 1 aliphatic heterocycles. The minimum absolute atomic E-state index is 0.146. The Bertz CT molecular complexity index is 1660. The van der Waals surface area contributed by atoms with Crippen LogP contribution in [0.3, 0.4) is 0 Å². The molecule has 0 unspecified atom stereocenters. The van der Waals surface area contributed by atoms with Gasteiger partial charge in [0.25, 0.3) is 5.91 Å². The first-order valence-corrected chi connectivity index (χ1v) is 14.7. The van der Waals surface area contributed by atoms with Gasteiger partial charge in [-0.15, -0.1) is 0 Å². The second-order valence-electron chi connectivity index (χ2n) is 9.83. The summed E-state index contributed by atoms with van der Waals surface area (Å²) in [6, 6.07) is 14.4. The van der Waals surface area contributed by atoms with Crippen LogP contribution >= 0.6 is 0 Å². The Labute approximate surface area is 228 Å². The second-order valence-corrected chi connectivity index (χ2v) is 11.7. The van der Waals surface area contributed by atoms with Gasteiger partial charge in [-0.1, -0.05) is 30.7 Å². The van der Waals surface area contributed by atoms with E-state index in [1.54, 1.807) is 40.0 Å². The molecule has 2 aromatic carbocycles. The lowest BCUT2D eigenvalue weighted by Crippen LogP contribution is -2.35. The van der Waals surface area contributed by atoms with Crippen LogP contribution in [0.25, 0.3) is 16.8 Å². The number of carbonyl (C=O) groups excluding carboxylic acids is 1. The molecule has 5 rings (SSSR count).